The Morgan fingerprint density at radius 1 is 1.24 bits per heavy atom. The standard InChI is InChI=1S/C13H14N2O2/c1-15-8-7-10(9-15)13(16)14-11-3-5-12(17-2)6-4-11/h3-9H,1-2H3,(H,14,16). The molecular formula is C13H14N2O2. The van der Waals surface area contributed by atoms with E-state index in [0.717, 1.165) is 11.4 Å². The van der Waals surface area contributed by atoms with E-state index in [2.05, 4.69) is 5.32 Å². The molecule has 0 atom stereocenters. The molecule has 88 valence electrons. The van der Waals surface area contributed by atoms with Gasteiger partial charge in [-0.05, 0) is 30.3 Å². The zero-order valence-corrected chi connectivity index (χ0v) is 9.81. The average Bonchev–Trinajstić information content (AvgIpc) is 2.77. The van der Waals surface area contributed by atoms with Gasteiger partial charge in [-0.1, -0.05) is 0 Å². The summed E-state index contributed by atoms with van der Waals surface area (Å²) in [6.07, 6.45) is 3.61. The molecule has 4 heteroatoms. The molecule has 0 aliphatic carbocycles. The van der Waals surface area contributed by atoms with Gasteiger partial charge in [0.2, 0.25) is 0 Å². The highest BCUT2D eigenvalue weighted by molar-refractivity contribution is 6.04. The number of aromatic nitrogens is 1. The van der Waals surface area contributed by atoms with Crippen LogP contribution in [0.5, 0.6) is 5.75 Å². The second-order valence-electron chi connectivity index (χ2n) is 3.75. The largest absolute Gasteiger partial charge is 0.497 e. The Kier molecular flexibility index (Phi) is 3.14. The van der Waals surface area contributed by atoms with Crippen LogP contribution in [0.3, 0.4) is 0 Å². The molecule has 0 aliphatic heterocycles. The molecular weight excluding hydrogens is 216 g/mol. The normalized spacial score (nSPS) is 10.0. The first-order chi connectivity index (χ1) is 8.19. The summed E-state index contributed by atoms with van der Waals surface area (Å²) in [4.78, 5) is 11.8. The van der Waals surface area contributed by atoms with Crippen molar-refractivity contribution >= 4 is 11.6 Å². The maximum absolute atomic E-state index is 11.8. The molecule has 17 heavy (non-hydrogen) atoms. The van der Waals surface area contributed by atoms with Crippen LogP contribution in [0.15, 0.2) is 42.7 Å². The Morgan fingerprint density at radius 3 is 2.47 bits per heavy atom. The van der Waals surface area contributed by atoms with Crippen molar-refractivity contribution in [3.8, 4) is 5.75 Å². The van der Waals surface area contributed by atoms with Gasteiger partial charge in [0.25, 0.3) is 5.91 Å². The van der Waals surface area contributed by atoms with Crippen LogP contribution >= 0.6 is 0 Å². The Morgan fingerprint density at radius 2 is 1.94 bits per heavy atom. The Balaban J connectivity index is 2.07. The zero-order chi connectivity index (χ0) is 12.3. The number of rotatable bonds is 3. The summed E-state index contributed by atoms with van der Waals surface area (Å²) < 4.78 is 6.88. The quantitative estimate of drug-likeness (QED) is 0.879. The van der Waals surface area contributed by atoms with Gasteiger partial charge in [0, 0.05) is 25.1 Å². The van der Waals surface area contributed by atoms with Gasteiger partial charge in [-0.2, -0.15) is 0 Å². The third-order valence-corrected chi connectivity index (χ3v) is 2.44. The molecule has 1 N–H and O–H groups in total. The minimum absolute atomic E-state index is 0.115. The number of methoxy groups -OCH3 is 1. The number of aryl methyl sites for hydroxylation is 1. The molecule has 2 rings (SSSR count). The second kappa shape index (κ2) is 4.74. The molecule has 1 aromatic heterocycles. The first-order valence-corrected chi connectivity index (χ1v) is 5.26. The van der Waals surface area contributed by atoms with Crippen LogP contribution in [-0.2, 0) is 7.05 Å². The molecule has 1 amide bonds. The molecule has 0 saturated heterocycles. The number of amides is 1. The minimum Gasteiger partial charge on any atom is -0.497 e. The molecule has 0 bridgehead atoms. The fourth-order valence-electron chi connectivity index (χ4n) is 1.52. The first kappa shape index (κ1) is 11.3. The van der Waals surface area contributed by atoms with Crippen LogP contribution in [0, 0.1) is 0 Å². The van der Waals surface area contributed by atoms with Crippen LogP contribution in [0.25, 0.3) is 0 Å². The van der Waals surface area contributed by atoms with E-state index in [1.54, 1.807) is 43.6 Å². The number of ether oxygens (including phenoxy) is 1. The number of anilines is 1. The van der Waals surface area contributed by atoms with Crippen molar-refractivity contribution in [3.63, 3.8) is 0 Å². The van der Waals surface area contributed by atoms with E-state index in [1.165, 1.54) is 0 Å². The summed E-state index contributed by atoms with van der Waals surface area (Å²) in [6, 6.07) is 9.00. The third kappa shape index (κ3) is 2.66. The predicted molar refractivity (Wildman–Crippen MR) is 66.4 cm³/mol. The lowest BCUT2D eigenvalue weighted by molar-refractivity contribution is 0.102. The molecule has 2 aromatic rings. The lowest BCUT2D eigenvalue weighted by Gasteiger charge is -2.04. The zero-order valence-electron chi connectivity index (χ0n) is 9.81. The van der Waals surface area contributed by atoms with E-state index >= 15 is 0 Å². The van der Waals surface area contributed by atoms with Crippen molar-refractivity contribution in [2.45, 2.75) is 0 Å². The van der Waals surface area contributed by atoms with Crippen molar-refractivity contribution in [2.75, 3.05) is 12.4 Å². The van der Waals surface area contributed by atoms with Gasteiger partial charge in [0.1, 0.15) is 5.75 Å². The maximum Gasteiger partial charge on any atom is 0.257 e. The molecule has 0 aliphatic rings. The van der Waals surface area contributed by atoms with Crippen LogP contribution in [0.4, 0.5) is 5.69 Å². The molecule has 0 unspecified atom stereocenters. The van der Waals surface area contributed by atoms with Crippen LogP contribution in [0.2, 0.25) is 0 Å². The summed E-state index contributed by atoms with van der Waals surface area (Å²) in [7, 11) is 3.49. The number of carbonyl (C=O) groups excluding carboxylic acids is 1. The molecule has 4 nitrogen and oxygen atoms in total. The van der Waals surface area contributed by atoms with Gasteiger partial charge in [-0.3, -0.25) is 4.79 Å². The summed E-state index contributed by atoms with van der Waals surface area (Å²) >= 11 is 0. The van der Waals surface area contributed by atoms with Gasteiger partial charge in [-0.25, -0.2) is 0 Å². The van der Waals surface area contributed by atoms with E-state index in [1.807, 2.05) is 17.8 Å². The molecule has 0 fully saturated rings. The fraction of sp³-hybridized carbons (Fsp3) is 0.154. The van der Waals surface area contributed by atoms with Gasteiger partial charge in [0.15, 0.2) is 0 Å². The first-order valence-electron chi connectivity index (χ1n) is 5.26. The highest BCUT2D eigenvalue weighted by atomic mass is 16.5. The summed E-state index contributed by atoms with van der Waals surface area (Å²) in [6.45, 7) is 0. The average molecular weight is 230 g/mol. The molecule has 0 radical (unpaired) electrons. The monoisotopic (exact) mass is 230 g/mol. The number of nitrogens with one attached hydrogen (secondary N) is 1. The van der Waals surface area contributed by atoms with Crippen molar-refractivity contribution < 1.29 is 9.53 Å². The maximum atomic E-state index is 11.8. The van der Waals surface area contributed by atoms with Crippen molar-refractivity contribution in [1.29, 1.82) is 0 Å². The van der Waals surface area contributed by atoms with E-state index < -0.39 is 0 Å². The molecule has 0 saturated carbocycles. The van der Waals surface area contributed by atoms with E-state index in [-0.39, 0.29) is 5.91 Å². The number of benzene rings is 1. The van der Waals surface area contributed by atoms with E-state index in [9.17, 15) is 4.79 Å². The van der Waals surface area contributed by atoms with Gasteiger partial charge >= 0.3 is 0 Å². The molecule has 0 spiro atoms. The van der Waals surface area contributed by atoms with Gasteiger partial charge in [0.05, 0.1) is 12.7 Å². The fourth-order valence-corrected chi connectivity index (χ4v) is 1.52. The highest BCUT2D eigenvalue weighted by Gasteiger charge is 2.06. The lowest BCUT2D eigenvalue weighted by atomic mass is 10.2. The predicted octanol–water partition coefficient (Wildman–Crippen LogP) is 2.29. The highest BCUT2D eigenvalue weighted by Crippen LogP contribution is 2.15. The minimum atomic E-state index is -0.115. The van der Waals surface area contributed by atoms with Gasteiger partial charge in [-0.15, -0.1) is 0 Å². The van der Waals surface area contributed by atoms with E-state index in [4.69, 9.17) is 4.74 Å². The topological polar surface area (TPSA) is 43.3 Å². The van der Waals surface area contributed by atoms with Crippen LogP contribution in [0.1, 0.15) is 10.4 Å². The number of hydrogen-bond acceptors (Lipinski definition) is 2. The number of carbonyl (C=O) groups is 1. The Labute approximate surface area is 99.8 Å². The van der Waals surface area contributed by atoms with Crippen molar-refractivity contribution in [1.82, 2.24) is 4.57 Å². The van der Waals surface area contributed by atoms with Crippen molar-refractivity contribution in [3.05, 3.63) is 48.3 Å². The molecule has 1 heterocycles. The summed E-state index contributed by atoms with van der Waals surface area (Å²) in [5, 5.41) is 2.82. The molecule has 1 aromatic carbocycles. The third-order valence-electron chi connectivity index (χ3n) is 2.44. The number of nitrogens with zero attached hydrogens (tertiary/aromatic N) is 1. The number of hydrogen-bond donors (Lipinski definition) is 1. The van der Waals surface area contributed by atoms with E-state index in [0.29, 0.717) is 5.56 Å². The summed E-state index contributed by atoms with van der Waals surface area (Å²) in [5.41, 5.74) is 1.39. The van der Waals surface area contributed by atoms with Crippen molar-refractivity contribution in [2.24, 2.45) is 7.05 Å². The smallest absolute Gasteiger partial charge is 0.257 e. The van der Waals surface area contributed by atoms with Gasteiger partial charge < -0.3 is 14.6 Å². The van der Waals surface area contributed by atoms with Crippen LogP contribution in [-0.4, -0.2) is 17.6 Å². The Hall–Kier alpha value is -2.23. The summed E-state index contributed by atoms with van der Waals surface area (Å²) in [5.74, 6) is 0.651. The second-order valence-corrected chi connectivity index (χ2v) is 3.75. The van der Waals surface area contributed by atoms with Crippen LogP contribution < -0.4 is 10.1 Å². The lowest BCUT2D eigenvalue weighted by Crippen LogP contribution is -2.10. The SMILES string of the molecule is COc1ccc(NC(=O)c2ccn(C)c2)cc1. The Bertz CT molecular complexity index is 514.